The molecule has 0 aromatic heterocycles. The van der Waals surface area contributed by atoms with E-state index in [0.29, 0.717) is 5.92 Å². The lowest BCUT2D eigenvalue weighted by atomic mass is 9.63. The van der Waals surface area contributed by atoms with Gasteiger partial charge in [-0.3, -0.25) is 4.57 Å². The average molecular weight is 344 g/mol. The standard InChI is InChI=1S/C18H33O4P/c1-6-21-23(20,22-7-2)17(19)15-12-16-14(11-13(15)3)9-8-10-18(16,4)5/h13,15,17,19H,6-12H2,1-5H3. The van der Waals surface area contributed by atoms with Crippen molar-refractivity contribution in [3.8, 4) is 0 Å². The Labute approximate surface area is 141 Å². The molecule has 0 spiro atoms. The minimum atomic E-state index is -3.47. The summed E-state index contributed by atoms with van der Waals surface area (Å²) in [6.07, 6.45) is 5.44. The Morgan fingerprint density at radius 3 is 2.43 bits per heavy atom. The summed E-state index contributed by atoms with van der Waals surface area (Å²) in [6, 6.07) is 0. The molecule has 2 aliphatic carbocycles. The van der Waals surface area contributed by atoms with Gasteiger partial charge in [-0.05, 0) is 57.3 Å². The second kappa shape index (κ2) is 7.39. The Kier molecular flexibility index (Phi) is 6.16. The Hall–Kier alpha value is -0.150. The molecule has 0 amide bonds. The first kappa shape index (κ1) is 19.2. The molecular formula is C18H33O4P. The maximum atomic E-state index is 13.0. The molecular weight excluding hydrogens is 311 g/mol. The van der Waals surface area contributed by atoms with Gasteiger partial charge in [-0.15, -0.1) is 0 Å². The summed E-state index contributed by atoms with van der Waals surface area (Å²) in [6.45, 7) is 10.9. The second-order valence-electron chi connectivity index (χ2n) is 7.66. The molecule has 134 valence electrons. The number of aliphatic hydroxyl groups excluding tert-OH is 1. The largest absolute Gasteiger partial charge is 0.380 e. The van der Waals surface area contributed by atoms with E-state index < -0.39 is 13.4 Å². The number of allylic oxidation sites excluding steroid dienone is 2. The van der Waals surface area contributed by atoms with Gasteiger partial charge in [0, 0.05) is 5.92 Å². The van der Waals surface area contributed by atoms with Crippen molar-refractivity contribution in [1.82, 2.24) is 0 Å². The summed E-state index contributed by atoms with van der Waals surface area (Å²) in [5, 5.41) is 10.9. The van der Waals surface area contributed by atoms with Gasteiger partial charge in [0.1, 0.15) is 0 Å². The summed E-state index contributed by atoms with van der Waals surface area (Å²) < 4.78 is 23.7. The zero-order valence-electron chi connectivity index (χ0n) is 15.3. The van der Waals surface area contributed by atoms with E-state index in [1.165, 1.54) is 24.8 Å². The Morgan fingerprint density at radius 2 is 1.87 bits per heavy atom. The van der Waals surface area contributed by atoms with E-state index in [-0.39, 0.29) is 24.5 Å². The van der Waals surface area contributed by atoms with Gasteiger partial charge in [-0.2, -0.15) is 0 Å². The molecule has 1 N–H and O–H groups in total. The van der Waals surface area contributed by atoms with Crippen LogP contribution in [0.4, 0.5) is 0 Å². The average Bonchev–Trinajstić information content (AvgIpc) is 2.46. The smallest absolute Gasteiger partial charge is 0.359 e. The predicted octanol–water partition coefficient (Wildman–Crippen LogP) is 5.12. The lowest BCUT2D eigenvalue weighted by Crippen LogP contribution is -2.36. The van der Waals surface area contributed by atoms with Crippen LogP contribution in [0.25, 0.3) is 0 Å². The van der Waals surface area contributed by atoms with Crippen LogP contribution in [0.3, 0.4) is 0 Å². The molecule has 5 heteroatoms. The first-order valence-electron chi connectivity index (χ1n) is 9.03. The molecule has 0 fully saturated rings. The van der Waals surface area contributed by atoms with Crippen molar-refractivity contribution in [2.24, 2.45) is 17.3 Å². The molecule has 0 saturated carbocycles. The molecule has 0 aromatic rings. The summed E-state index contributed by atoms with van der Waals surface area (Å²) in [5.74, 6) is -0.800. The third-order valence-corrected chi connectivity index (χ3v) is 7.86. The van der Waals surface area contributed by atoms with Crippen LogP contribution in [0, 0.1) is 17.3 Å². The van der Waals surface area contributed by atoms with Crippen molar-refractivity contribution in [1.29, 1.82) is 0 Å². The van der Waals surface area contributed by atoms with E-state index in [0.717, 1.165) is 12.8 Å². The molecule has 2 rings (SSSR count). The minimum Gasteiger partial charge on any atom is -0.380 e. The fraction of sp³-hybridized carbons (Fsp3) is 0.889. The van der Waals surface area contributed by atoms with Crippen molar-refractivity contribution in [2.75, 3.05) is 13.2 Å². The molecule has 0 saturated heterocycles. The molecule has 0 aliphatic heterocycles. The van der Waals surface area contributed by atoms with Crippen LogP contribution in [0.1, 0.15) is 66.7 Å². The lowest BCUT2D eigenvalue weighted by molar-refractivity contribution is 0.0806. The fourth-order valence-electron chi connectivity index (χ4n) is 4.33. The predicted molar refractivity (Wildman–Crippen MR) is 93.4 cm³/mol. The molecule has 4 nitrogen and oxygen atoms in total. The van der Waals surface area contributed by atoms with E-state index in [2.05, 4.69) is 20.8 Å². The van der Waals surface area contributed by atoms with Crippen molar-refractivity contribution in [3.63, 3.8) is 0 Å². The van der Waals surface area contributed by atoms with E-state index in [9.17, 15) is 9.67 Å². The van der Waals surface area contributed by atoms with Crippen molar-refractivity contribution in [3.05, 3.63) is 11.1 Å². The normalized spacial score (nSPS) is 29.3. The summed E-state index contributed by atoms with van der Waals surface area (Å²) in [4.78, 5) is 0. The quantitative estimate of drug-likeness (QED) is 0.536. The molecule has 23 heavy (non-hydrogen) atoms. The fourth-order valence-corrected chi connectivity index (χ4v) is 6.30. The zero-order chi connectivity index (χ0) is 17.3. The van der Waals surface area contributed by atoms with Gasteiger partial charge in [-0.1, -0.05) is 31.9 Å². The molecule has 2 aliphatic rings. The van der Waals surface area contributed by atoms with E-state index in [1.807, 2.05) is 0 Å². The van der Waals surface area contributed by atoms with Crippen molar-refractivity contribution in [2.45, 2.75) is 72.6 Å². The van der Waals surface area contributed by atoms with Crippen molar-refractivity contribution < 1.29 is 18.7 Å². The molecule has 0 radical (unpaired) electrons. The van der Waals surface area contributed by atoms with Gasteiger partial charge in [0.05, 0.1) is 13.2 Å². The zero-order valence-corrected chi connectivity index (χ0v) is 16.2. The van der Waals surface area contributed by atoms with Gasteiger partial charge >= 0.3 is 7.60 Å². The van der Waals surface area contributed by atoms with Crippen LogP contribution in [0.5, 0.6) is 0 Å². The Balaban J connectivity index is 2.26. The van der Waals surface area contributed by atoms with E-state index >= 15 is 0 Å². The van der Waals surface area contributed by atoms with Crippen LogP contribution < -0.4 is 0 Å². The number of hydrogen-bond acceptors (Lipinski definition) is 4. The second-order valence-corrected chi connectivity index (χ2v) is 9.78. The van der Waals surface area contributed by atoms with Gasteiger partial charge in [0.25, 0.3) is 0 Å². The highest BCUT2D eigenvalue weighted by atomic mass is 31.2. The minimum absolute atomic E-state index is 0.0601. The first-order valence-corrected chi connectivity index (χ1v) is 10.6. The molecule has 3 atom stereocenters. The van der Waals surface area contributed by atoms with Gasteiger partial charge in [0.15, 0.2) is 5.85 Å². The van der Waals surface area contributed by atoms with Crippen LogP contribution >= 0.6 is 7.60 Å². The molecule has 0 bridgehead atoms. The van der Waals surface area contributed by atoms with Crippen molar-refractivity contribution >= 4 is 7.60 Å². The summed E-state index contributed by atoms with van der Waals surface area (Å²) in [5.41, 5.74) is 3.23. The monoisotopic (exact) mass is 344 g/mol. The topological polar surface area (TPSA) is 55.8 Å². The SMILES string of the molecule is CCOP(=O)(OCC)C(O)C1CC2=C(CCCC2(C)C)CC1C. The number of hydrogen-bond donors (Lipinski definition) is 1. The summed E-state index contributed by atoms with van der Waals surface area (Å²) in [7, 11) is -3.47. The van der Waals surface area contributed by atoms with Crippen LogP contribution in [0.15, 0.2) is 11.1 Å². The van der Waals surface area contributed by atoms with Gasteiger partial charge in [-0.25, -0.2) is 0 Å². The van der Waals surface area contributed by atoms with Gasteiger partial charge < -0.3 is 14.2 Å². The third kappa shape index (κ3) is 3.92. The summed E-state index contributed by atoms with van der Waals surface area (Å²) >= 11 is 0. The molecule has 0 heterocycles. The lowest BCUT2D eigenvalue weighted by Gasteiger charge is -2.44. The highest BCUT2D eigenvalue weighted by molar-refractivity contribution is 7.54. The van der Waals surface area contributed by atoms with Gasteiger partial charge in [0.2, 0.25) is 0 Å². The first-order chi connectivity index (χ1) is 10.7. The van der Waals surface area contributed by atoms with E-state index in [1.54, 1.807) is 19.4 Å². The highest BCUT2D eigenvalue weighted by Crippen LogP contribution is 2.59. The number of aliphatic hydroxyl groups is 1. The molecule has 0 aromatic carbocycles. The Bertz CT molecular complexity index is 487. The van der Waals surface area contributed by atoms with Crippen LogP contribution in [0.2, 0.25) is 0 Å². The highest BCUT2D eigenvalue weighted by Gasteiger charge is 2.46. The molecule has 3 unspecified atom stereocenters. The maximum absolute atomic E-state index is 13.0. The number of rotatable bonds is 6. The van der Waals surface area contributed by atoms with Crippen LogP contribution in [-0.2, 0) is 13.6 Å². The third-order valence-electron chi connectivity index (χ3n) is 5.59. The maximum Gasteiger partial charge on any atom is 0.359 e. The Morgan fingerprint density at radius 1 is 1.26 bits per heavy atom. The van der Waals surface area contributed by atoms with Crippen LogP contribution in [-0.4, -0.2) is 24.2 Å². The van der Waals surface area contributed by atoms with E-state index in [4.69, 9.17) is 9.05 Å².